The van der Waals surface area contributed by atoms with Gasteiger partial charge in [0, 0.05) is 0 Å². The van der Waals surface area contributed by atoms with Crippen molar-refractivity contribution in [2.75, 3.05) is 20.8 Å². The predicted molar refractivity (Wildman–Crippen MR) is 103 cm³/mol. The zero-order valence-corrected chi connectivity index (χ0v) is 16.1. The number of methoxy groups -OCH3 is 2. The topological polar surface area (TPSA) is 61.8 Å². The largest absolute Gasteiger partial charge is 0.468 e. The molecule has 27 heavy (non-hydrogen) atoms. The molecule has 146 valence electrons. The van der Waals surface area contributed by atoms with Gasteiger partial charge in [-0.25, -0.2) is 0 Å². The van der Waals surface area contributed by atoms with Crippen LogP contribution in [0.25, 0.3) is 0 Å². The molecule has 0 bridgehead atoms. The number of allylic oxidation sites excluding steroid dienone is 2. The van der Waals surface area contributed by atoms with E-state index in [4.69, 9.17) is 14.2 Å². The SMILES string of the molecule is C=C(COCc1ccccc1)CC(C/C=C/C1CC1)(C(=O)OC)C(=O)OC. The first-order chi connectivity index (χ1) is 13.0. The molecule has 0 saturated heterocycles. The van der Waals surface area contributed by atoms with Crippen LogP contribution in [0.2, 0.25) is 0 Å². The van der Waals surface area contributed by atoms with E-state index < -0.39 is 17.4 Å². The zero-order valence-electron chi connectivity index (χ0n) is 16.1. The van der Waals surface area contributed by atoms with Gasteiger partial charge in [0.2, 0.25) is 0 Å². The number of hydrogen-bond donors (Lipinski definition) is 0. The Morgan fingerprint density at radius 3 is 2.33 bits per heavy atom. The third-order valence-corrected chi connectivity index (χ3v) is 4.62. The molecule has 1 saturated carbocycles. The van der Waals surface area contributed by atoms with Gasteiger partial charge in [0.05, 0.1) is 27.4 Å². The maximum absolute atomic E-state index is 12.5. The van der Waals surface area contributed by atoms with Gasteiger partial charge >= 0.3 is 11.9 Å². The zero-order chi connectivity index (χ0) is 19.7. The summed E-state index contributed by atoms with van der Waals surface area (Å²) in [6.45, 7) is 4.68. The van der Waals surface area contributed by atoms with Crippen LogP contribution in [0.4, 0.5) is 0 Å². The third kappa shape index (κ3) is 6.07. The molecule has 0 spiro atoms. The molecule has 5 heteroatoms. The molecule has 2 rings (SSSR count). The number of benzene rings is 1. The van der Waals surface area contributed by atoms with Crippen molar-refractivity contribution in [1.82, 2.24) is 0 Å². The Morgan fingerprint density at radius 2 is 1.78 bits per heavy atom. The van der Waals surface area contributed by atoms with Crippen LogP contribution in [-0.2, 0) is 30.4 Å². The molecule has 0 unspecified atom stereocenters. The van der Waals surface area contributed by atoms with Crippen LogP contribution in [-0.4, -0.2) is 32.8 Å². The minimum Gasteiger partial charge on any atom is -0.468 e. The highest BCUT2D eigenvalue weighted by molar-refractivity contribution is 6.00. The monoisotopic (exact) mass is 372 g/mol. The molecule has 1 aliphatic carbocycles. The highest BCUT2D eigenvalue weighted by Gasteiger charge is 2.47. The number of esters is 2. The Bertz CT molecular complexity index is 657. The molecule has 0 N–H and O–H groups in total. The minimum atomic E-state index is -1.43. The number of hydrogen-bond acceptors (Lipinski definition) is 5. The average Bonchev–Trinajstić information content (AvgIpc) is 3.51. The lowest BCUT2D eigenvalue weighted by Gasteiger charge is -2.28. The van der Waals surface area contributed by atoms with E-state index in [1.165, 1.54) is 14.2 Å². The molecule has 1 aromatic rings. The van der Waals surface area contributed by atoms with Gasteiger partial charge in [-0.15, -0.1) is 0 Å². The van der Waals surface area contributed by atoms with Gasteiger partial charge in [-0.3, -0.25) is 9.59 Å². The van der Waals surface area contributed by atoms with Gasteiger partial charge in [0.15, 0.2) is 5.41 Å². The van der Waals surface area contributed by atoms with Crippen LogP contribution in [0, 0.1) is 11.3 Å². The van der Waals surface area contributed by atoms with Crippen LogP contribution in [0.5, 0.6) is 0 Å². The molecule has 0 amide bonds. The fourth-order valence-corrected chi connectivity index (χ4v) is 2.97. The van der Waals surface area contributed by atoms with Crippen molar-refractivity contribution in [2.45, 2.75) is 32.3 Å². The summed E-state index contributed by atoms with van der Waals surface area (Å²) < 4.78 is 15.5. The Labute approximate surface area is 161 Å². The summed E-state index contributed by atoms with van der Waals surface area (Å²) in [6.07, 6.45) is 6.58. The summed E-state index contributed by atoms with van der Waals surface area (Å²) >= 11 is 0. The van der Waals surface area contributed by atoms with Gasteiger partial charge in [0.1, 0.15) is 0 Å². The maximum Gasteiger partial charge on any atom is 0.323 e. The second kappa shape index (κ2) is 10.1. The molecular formula is C22H28O5. The van der Waals surface area contributed by atoms with Crippen molar-refractivity contribution >= 4 is 11.9 Å². The van der Waals surface area contributed by atoms with Crippen molar-refractivity contribution in [3.8, 4) is 0 Å². The number of rotatable bonds is 11. The first kappa shape index (κ1) is 20.9. The number of carbonyl (C=O) groups excluding carboxylic acids is 2. The normalized spacial score (nSPS) is 14.1. The first-order valence-electron chi connectivity index (χ1n) is 9.13. The van der Waals surface area contributed by atoms with E-state index in [2.05, 4.69) is 12.7 Å². The van der Waals surface area contributed by atoms with Gasteiger partial charge in [-0.1, -0.05) is 54.6 Å². The second-order valence-electron chi connectivity index (χ2n) is 6.94. The van der Waals surface area contributed by atoms with Crippen molar-refractivity contribution in [2.24, 2.45) is 11.3 Å². The molecule has 1 aromatic carbocycles. The Balaban J connectivity index is 2.02. The molecule has 1 fully saturated rings. The highest BCUT2D eigenvalue weighted by Crippen LogP contribution is 2.36. The van der Waals surface area contributed by atoms with E-state index in [1.807, 2.05) is 36.4 Å². The van der Waals surface area contributed by atoms with E-state index in [-0.39, 0.29) is 19.4 Å². The number of ether oxygens (including phenoxy) is 3. The van der Waals surface area contributed by atoms with Crippen LogP contribution in [0.1, 0.15) is 31.2 Å². The summed E-state index contributed by atoms with van der Waals surface area (Å²) in [7, 11) is 2.55. The maximum atomic E-state index is 12.5. The molecule has 0 radical (unpaired) electrons. The van der Waals surface area contributed by atoms with Gasteiger partial charge in [0.25, 0.3) is 0 Å². The second-order valence-corrected chi connectivity index (χ2v) is 6.94. The smallest absolute Gasteiger partial charge is 0.323 e. The number of carbonyl (C=O) groups is 2. The fraction of sp³-hybridized carbons (Fsp3) is 0.455. The predicted octanol–water partition coefficient (Wildman–Crippen LogP) is 3.84. The minimum absolute atomic E-state index is 0.121. The lowest BCUT2D eigenvalue weighted by Crippen LogP contribution is -2.41. The van der Waals surface area contributed by atoms with E-state index in [9.17, 15) is 9.59 Å². The van der Waals surface area contributed by atoms with Gasteiger partial charge in [-0.05, 0) is 37.2 Å². The van der Waals surface area contributed by atoms with Crippen LogP contribution in [0.15, 0.2) is 54.6 Å². The average molecular weight is 372 g/mol. The van der Waals surface area contributed by atoms with Gasteiger partial charge in [-0.2, -0.15) is 0 Å². The Kier molecular flexibility index (Phi) is 7.80. The molecule has 0 atom stereocenters. The standard InChI is InChI=1S/C22H28O5/c1-17(15-27-16-19-8-5-4-6-9-19)14-22(20(23)25-2,21(24)26-3)13-7-10-18-11-12-18/h4-10,18H,1,11-16H2,2-3H3/b10-7+. The molecule has 0 heterocycles. The first-order valence-corrected chi connectivity index (χ1v) is 9.13. The molecule has 5 nitrogen and oxygen atoms in total. The van der Waals surface area contributed by atoms with Crippen LogP contribution in [0.3, 0.4) is 0 Å². The molecule has 1 aliphatic rings. The lowest BCUT2D eigenvalue weighted by atomic mass is 9.78. The summed E-state index contributed by atoms with van der Waals surface area (Å²) in [4.78, 5) is 25.0. The summed E-state index contributed by atoms with van der Waals surface area (Å²) in [5.74, 6) is -0.673. The molecule has 0 aromatic heterocycles. The van der Waals surface area contributed by atoms with Gasteiger partial charge < -0.3 is 14.2 Å². The lowest BCUT2D eigenvalue weighted by molar-refractivity contribution is -0.169. The highest BCUT2D eigenvalue weighted by atomic mass is 16.5. The molecule has 0 aliphatic heterocycles. The quantitative estimate of drug-likeness (QED) is 0.335. The van der Waals surface area contributed by atoms with Crippen molar-refractivity contribution < 1.29 is 23.8 Å². The summed E-state index contributed by atoms with van der Waals surface area (Å²) in [5, 5.41) is 0. The Morgan fingerprint density at radius 1 is 1.15 bits per heavy atom. The van der Waals surface area contributed by atoms with Crippen molar-refractivity contribution in [1.29, 1.82) is 0 Å². The van der Waals surface area contributed by atoms with Crippen molar-refractivity contribution in [3.63, 3.8) is 0 Å². The van der Waals surface area contributed by atoms with Crippen molar-refractivity contribution in [3.05, 3.63) is 60.2 Å². The molecular weight excluding hydrogens is 344 g/mol. The van der Waals surface area contributed by atoms with E-state index >= 15 is 0 Å². The van der Waals surface area contributed by atoms with E-state index in [0.717, 1.165) is 18.4 Å². The van der Waals surface area contributed by atoms with E-state index in [1.54, 1.807) is 0 Å². The fourth-order valence-electron chi connectivity index (χ4n) is 2.97. The van der Waals surface area contributed by atoms with E-state index in [0.29, 0.717) is 18.1 Å². The van der Waals surface area contributed by atoms with Crippen LogP contribution < -0.4 is 0 Å². The Hall–Kier alpha value is -2.40. The van der Waals surface area contributed by atoms with Crippen LogP contribution >= 0.6 is 0 Å². The summed E-state index contributed by atoms with van der Waals surface area (Å²) in [6, 6.07) is 9.77. The third-order valence-electron chi connectivity index (χ3n) is 4.62. The summed E-state index contributed by atoms with van der Waals surface area (Å²) in [5.41, 5.74) is 0.258.